The Morgan fingerprint density at radius 2 is 2.21 bits per heavy atom. The van der Waals surface area contributed by atoms with Crippen molar-refractivity contribution in [2.75, 3.05) is 7.11 Å². The van der Waals surface area contributed by atoms with Crippen molar-refractivity contribution in [2.45, 2.75) is 12.3 Å². The van der Waals surface area contributed by atoms with E-state index < -0.39 is 29.1 Å². The molecular formula is C15H14ClN3O5. The van der Waals surface area contributed by atoms with Gasteiger partial charge >= 0.3 is 5.97 Å². The first-order chi connectivity index (χ1) is 11.4. The predicted octanol–water partition coefficient (Wildman–Crippen LogP) is 0.923. The Hall–Kier alpha value is -2.87. The number of nitrogens with one attached hydrogen (secondary N) is 1. The lowest BCUT2D eigenvalue weighted by atomic mass is 9.88. The number of esters is 1. The van der Waals surface area contributed by atoms with E-state index in [1.807, 2.05) is 0 Å². The molecule has 0 aliphatic carbocycles. The number of pyridine rings is 2. The smallest absolute Gasteiger partial charge is 0.343 e. The maximum Gasteiger partial charge on any atom is 0.343 e. The summed E-state index contributed by atoms with van der Waals surface area (Å²) in [7, 11) is 1.13. The van der Waals surface area contributed by atoms with Gasteiger partial charge in [-0.25, -0.2) is 9.78 Å². The van der Waals surface area contributed by atoms with E-state index in [0.29, 0.717) is 5.56 Å². The van der Waals surface area contributed by atoms with Crippen molar-refractivity contribution in [3.8, 4) is 5.75 Å². The van der Waals surface area contributed by atoms with Crippen LogP contribution in [0.5, 0.6) is 5.75 Å². The van der Waals surface area contributed by atoms with Gasteiger partial charge in [0.1, 0.15) is 16.5 Å². The summed E-state index contributed by atoms with van der Waals surface area (Å²) >= 11 is 6.04. The van der Waals surface area contributed by atoms with Gasteiger partial charge < -0.3 is 20.6 Å². The van der Waals surface area contributed by atoms with E-state index in [9.17, 15) is 19.5 Å². The maximum absolute atomic E-state index is 12.2. The van der Waals surface area contributed by atoms with Gasteiger partial charge in [-0.15, -0.1) is 0 Å². The van der Waals surface area contributed by atoms with Crippen LogP contribution in [0.2, 0.25) is 5.15 Å². The van der Waals surface area contributed by atoms with Crippen LogP contribution in [0.3, 0.4) is 0 Å². The van der Waals surface area contributed by atoms with Gasteiger partial charge in [0.15, 0.2) is 0 Å². The SMILES string of the molecule is COC(=O)c1c[nH]c(=O)c([C@@H](CC(N)=O)c2cccnc2Cl)c1O. The summed E-state index contributed by atoms with van der Waals surface area (Å²) in [6.45, 7) is 0. The average molecular weight is 352 g/mol. The molecule has 8 nitrogen and oxygen atoms in total. The highest BCUT2D eigenvalue weighted by atomic mass is 35.5. The third-order valence-corrected chi connectivity index (χ3v) is 3.74. The van der Waals surface area contributed by atoms with Gasteiger partial charge in [0.25, 0.3) is 5.56 Å². The molecule has 0 bridgehead atoms. The quantitative estimate of drug-likeness (QED) is 0.541. The highest BCUT2D eigenvalue weighted by Crippen LogP contribution is 2.35. The molecule has 0 aromatic carbocycles. The molecule has 0 spiro atoms. The third kappa shape index (κ3) is 3.38. The van der Waals surface area contributed by atoms with Crippen molar-refractivity contribution in [1.82, 2.24) is 9.97 Å². The van der Waals surface area contributed by atoms with Crippen molar-refractivity contribution in [3.63, 3.8) is 0 Å². The van der Waals surface area contributed by atoms with E-state index in [1.165, 1.54) is 6.20 Å². The van der Waals surface area contributed by atoms with Crippen LogP contribution in [0, 0.1) is 0 Å². The number of aromatic hydroxyl groups is 1. The largest absolute Gasteiger partial charge is 0.506 e. The number of hydrogen-bond acceptors (Lipinski definition) is 6. The van der Waals surface area contributed by atoms with Gasteiger partial charge in [-0.2, -0.15) is 0 Å². The lowest BCUT2D eigenvalue weighted by molar-refractivity contribution is -0.118. The summed E-state index contributed by atoms with van der Waals surface area (Å²) < 4.78 is 4.55. The standard InChI is InChI=1S/C15H14ClN3O5/c1-24-15(23)9-6-19-14(22)11(12(9)21)8(5-10(17)20)7-3-2-4-18-13(7)16/h2-4,6,8H,5H2,1H3,(H2,17,20)(H2,19,21,22)/t8-/m0/s1. The molecule has 4 N–H and O–H groups in total. The second kappa shape index (κ2) is 7.14. The first-order valence-electron chi connectivity index (χ1n) is 6.78. The summed E-state index contributed by atoms with van der Waals surface area (Å²) in [5, 5.41) is 10.4. The van der Waals surface area contributed by atoms with Crippen molar-refractivity contribution < 1.29 is 19.4 Å². The van der Waals surface area contributed by atoms with E-state index >= 15 is 0 Å². The molecule has 0 fully saturated rings. The molecule has 2 rings (SSSR count). The van der Waals surface area contributed by atoms with Gasteiger partial charge in [0.05, 0.1) is 12.7 Å². The number of hydrogen-bond donors (Lipinski definition) is 3. The van der Waals surface area contributed by atoms with Gasteiger partial charge in [0, 0.05) is 24.7 Å². The highest BCUT2D eigenvalue weighted by molar-refractivity contribution is 6.30. The fourth-order valence-corrected chi connectivity index (χ4v) is 2.60. The second-order valence-electron chi connectivity index (χ2n) is 4.89. The minimum absolute atomic E-state index is 0.0472. The molecular weight excluding hydrogens is 338 g/mol. The van der Waals surface area contributed by atoms with E-state index in [1.54, 1.807) is 12.1 Å². The van der Waals surface area contributed by atoms with E-state index in [4.69, 9.17) is 17.3 Å². The predicted molar refractivity (Wildman–Crippen MR) is 85.0 cm³/mol. The first-order valence-corrected chi connectivity index (χ1v) is 7.16. The van der Waals surface area contributed by atoms with Crippen LogP contribution in [0.4, 0.5) is 0 Å². The van der Waals surface area contributed by atoms with Gasteiger partial charge in [-0.05, 0) is 11.6 Å². The molecule has 9 heteroatoms. The Morgan fingerprint density at radius 1 is 1.50 bits per heavy atom. The number of amides is 1. The number of nitrogens with zero attached hydrogens (tertiary/aromatic N) is 1. The Labute approximate surface area is 141 Å². The van der Waals surface area contributed by atoms with Crippen LogP contribution in [0.1, 0.15) is 33.8 Å². The minimum atomic E-state index is -0.975. The zero-order chi connectivity index (χ0) is 17.9. The number of rotatable bonds is 5. The fourth-order valence-electron chi connectivity index (χ4n) is 2.35. The Balaban J connectivity index is 2.71. The number of methoxy groups -OCH3 is 1. The summed E-state index contributed by atoms with van der Waals surface area (Å²) in [5.74, 6) is -3.14. The molecule has 0 aliphatic rings. The molecule has 24 heavy (non-hydrogen) atoms. The summed E-state index contributed by atoms with van der Waals surface area (Å²) in [4.78, 5) is 41.6. The molecule has 2 heterocycles. The van der Waals surface area contributed by atoms with Crippen LogP contribution < -0.4 is 11.3 Å². The van der Waals surface area contributed by atoms with Gasteiger partial charge in [0.2, 0.25) is 5.91 Å². The van der Waals surface area contributed by atoms with Gasteiger partial charge in [-0.3, -0.25) is 9.59 Å². The molecule has 0 saturated heterocycles. The molecule has 2 aromatic rings. The van der Waals surface area contributed by atoms with Crippen LogP contribution in [0.25, 0.3) is 0 Å². The number of nitrogens with two attached hydrogens (primary N) is 1. The molecule has 126 valence electrons. The van der Waals surface area contributed by atoms with Crippen LogP contribution >= 0.6 is 11.6 Å². The Bertz CT molecular complexity index is 849. The monoisotopic (exact) mass is 351 g/mol. The van der Waals surface area contributed by atoms with E-state index in [2.05, 4.69) is 14.7 Å². The van der Waals surface area contributed by atoms with Crippen LogP contribution in [-0.2, 0) is 9.53 Å². The average Bonchev–Trinajstić information content (AvgIpc) is 2.53. The number of H-pyrrole nitrogens is 1. The zero-order valence-electron chi connectivity index (χ0n) is 12.6. The molecule has 0 radical (unpaired) electrons. The summed E-state index contributed by atoms with van der Waals surface area (Å²) in [6, 6.07) is 3.11. The van der Waals surface area contributed by atoms with Gasteiger partial charge in [-0.1, -0.05) is 17.7 Å². The van der Waals surface area contributed by atoms with Crippen LogP contribution in [0.15, 0.2) is 29.3 Å². The Morgan fingerprint density at radius 3 is 2.79 bits per heavy atom. The second-order valence-corrected chi connectivity index (χ2v) is 5.25. The number of primary amides is 1. The molecule has 2 aromatic heterocycles. The molecule has 1 atom stereocenters. The summed E-state index contributed by atoms with van der Waals surface area (Å²) in [5.41, 5.74) is 4.42. The molecule has 0 aliphatic heterocycles. The van der Waals surface area contributed by atoms with Crippen molar-refractivity contribution in [2.24, 2.45) is 5.73 Å². The third-order valence-electron chi connectivity index (χ3n) is 3.42. The number of aromatic amines is 1. The highest BCUT2D eigenvalue weighted by Gasteiger charge is 2.28. The van der Waals surface area contributed by atoms with Crippen molar-refractivity contribution >= 4 is 23.5 Å². The Kier molecular flexibility index (Phi) is 5.20. The molecule has 1 amide bonds. The van der Waals surface area contributed by atoms with E-state index in [0.717, 1.165) is 13.3 Å². The lowest BCUT2D eigenvalue weighted by Crippen LogP contribution is -2.24. The molecule has 0 unspecified atom stereocenters. The number of aromatic nitrogens is 2. The van der Waals surface area contributed by atoms with Crippen LogP contribution in [-0.4, -0.2) is 34.1 Å². The minimum Gasteiger partial charge on any atom is -0.506 e. The van der Waals surface area contributed by atoms with Crippen molar-refractivity contribution in [1.29, 1.82) is 0 Å². The molecule has 0 saturated carbocycles. The van der Waals surface area contributed by atoms with Crippen molar-refractivity contribution in [3.05, 3.63) is 56.7 Å². The number of halogens is 1. The van der Waals surface area contributed by atoms with E-state index in [-0.39, 0.29) is 22.7 Å². The normalized spacial score (nSPS) is 11.8. The summed E-state index contributed by atoms with van der Waals surface area (Å²) in [6.07, 6.45) is 2.15. The number of carbonyl (C=O) groups is 2. The lowest BCUT2D eigenvalue weighted by Gasteiger charge is -2.18. The number of ether oxygens (including phenoxy) is 1. The first kappa shape index (κ1) is 17.5. The maximum atomic E-state index is 12.2. The fraction of sp³-hybridized carbons (Fsp3) is 0.200. The topological polar surface area (TPSA) is 135 Å². The zero-order valence-corrected chi connectivity index (χ0v) is 13.3. The number of carbonyl (C=O) groups excluding carboxylic acids is 2.